The van der Waals surface area contributed by atoms with Crippen LogP contribution in [0.15, 0.2) is 34.9 Å². The molecule has 17 heavy (non-hydrogen) atoms. The third-order valence-electron chi connectivity index (χ3n) is 2.24. The fourth-order valence-corrected chi connectivity index (χ4v) is 1.82. The van der Waals surface area contributed by atoms with Crippen LogP contribution in [0.3, 0.4) is 0 Å². The summed E-state index contributed by atoms with van der Waals surface area (Å²) in [6, 6.07) is 6.28. The first-order valence-electron chi connectivity index (χ1n) is 4.80. The Morgan fingerprint density at radius 1 is 1.47 bits per heavy atom. The zero-order chi connectivity index (χ0) is 12.4. The van der Waals surface area contributed by atoms with E-state index >= 15 is 0 Å². The van der Waals surface area contributed by atoms with Crippen LogP contribution in [0.1, 0.15) is 5.69 Å². The predicted octanol–water partition coefficient (Wildman–Crippen LogP) is 2.00. The van der Waals surface area contributed by atoms with Crippen molar-refractivity contribution in [2.24, 2.45) is 5.73 Å². The first-order chi connectivity index (χ1) is 8.11. The predicted molar refractivity (Wildman–Crippen MR) is 65.8 cm³/mol. The van der Waals surface area contributed by atoms with E-state index < -0.39 is 4.92 Å². The molecule has 0 aliphatic rings. The van der Waals surface area contributed by atoms with Crippen molar-refractivity contribution < 1.29 is 4.92 Å². The molecule has 2 aromatic rings. The fourth-order valence-electron chi connectivity index (χ4n) is 1.39. The normalized spacial score (nSPS) is 10.5. The number of nitrogens with two attached hydrogens (primary N) is 1. The molecule has 2 N–H and O–H groups in total. The van der Waals surface area contributed by atoms with Gasteiger partial charge in [0.25, 0.3) is 5.69 Å². The molecule has 6 nitrogen and oxygen atoms in total. The van der Waals surface area contributed by atoms with Crippen LogP contribution in [0.2, 0.25) is 0 Å². The van der Waals surface area contributed by atoms with Gasteiger partial charge in [-0.1, -0.05) is 0 Å². The maximum atomic E-state index is 10.7. The van der Waals surface area contributed by atoms with Gasteiger partial charge in [-0.15, -0.1) is 0 Å². The second kappa shape index (κ2) is 4.64. The van der Waals surface area contributed by atoms with Gasteiger partial charge in [-0.25, -0.2) is 4.68 Å². The highest BCUT2D eigenvalue weighted by Gasteiger charge is 2.11. The van der Waals surface area contributed by atoms with Gasteiger partial charge in [0.1, 0.15) is 0 Å². The lowest BCUT2D eigenvalue weighted by Crippen LogP contribution is -2.01. The Balaban J connectivity index is 2.49. The molecule has 0 saturated heterocycles. The van der Waals surface area contributed by atoms with Crippen LogP contribution in [0, 0.1) is 10.1 Å². The molecule has 0 amide bonds. The van der Waals surface area contributed by atoms with E-state index in [0.29, 0.717) is 12.2 Å². The molecular formula is C10H9BrN4O2. The van der Waals surface area contributed by atoms with Gasteiger partial charge in [0, 0.05) is 29.3 Å². The summed E-state index contributed by atoms with van der Waals surface area (Å²) in [6.45, 7) is 0.333. The summed E-state index contributed by atoms with van der Waals surface area (Å²) in [7, 11) is 0. The number of nitrogens with zero attached hydrogens (tertiary/aromatic N) is 3. The fraction of sp³-hybridized carbons (Fsp3) is 0.100. The van der Waals surface area contributed by atoms with Crippen LogP contribution >= 0.6 is 15.9 Å². The van der Waals surface area contributed by atoms with E-state index in [9.17, 15) is 10.1 Å². The highest BCUT2D eigenvalue weighted by molar-refractivity contribution is 9.10. The van der Waals surface area contributed by atoms with Crippen LogP contribution < -0.4 is 5.73 Å². The summed E-state index contributed by atoms with van der Waals surface area (Å²) in [4.78, 5) is 10.3. The molecule has 0 aliphatic heterocycles. The molecule has 88 valence electrons. The number of aromatic nitrogens is 2. The number of nitro benzene ring substituents is 1. The van der Waals surface area contributed by atoms with E-state index in [1.165, 1.54) is 12.1 Å². The van der Waals surface area contributed by atoms with Gasteiger partial charge >= 0.3 is 0 Å². The monoisotopic (exact) mass is 296 g/mol. The zero-order valence-electron chi connectivity index (χ0n) is 8.71. The summed E-state index contributed by atoms with van der Waals surface area (Å²) in [5, 5.41) is 14.9. The van der Waals surface area contributed by atoms with Crippen LogP contribution in [0.4, 0.5) is 5.69 Å². The number of nitro groups is 1. The van der Waals surface area contributed by atoms with Gasteiger partial charge in [-0.3, -0.25) is 10.1 Å². The van der Waals surface area contributed by atoms with Crippen molar-refractivity contribution in [1.82, 2.24) is 9.78 Å². The maximum absolute atomic E-state index is 10.7. The Bertz CT molecular complexity index is 567. The van der Waals surface area contributed by atoms with E-state index in [2.05, 4.69) is 21.0 Å². The summed E-state index contributed by atoms with van der Waals surface area (Å²) in [5.74, 6) is 0. The highest BCUT2D eigenvalue weighted by atomic mass is 79.9. The molecule has 1 aromatic carbocycles. The number of rotatable bonds is 3. The Hall–Kier alpha value is -1.73. The van der Waals surface area contributed by atoms with Crippen LogP contribution in [-0.2, 0) is 6.54 Å². The van der Waals surface area contributed by atoms with Crippen molar-refractivity contribution in [2.45, 2.75) is 6.54 Å². The molecule has 0 unspecified atom stereocenters. The van der Waals surface area contributed by atoms with E-state index in [-0.39, 0.29) is 5.69 Å². The smallest absolute Gasteiger partial charge is 0.271 e. The first kappa shape index (κ1) is 11.7. The van der Waals surface area contributed by atoms with Crippen molar-refractivity contribution in [1.29, 1.82) is 0 Å². The third kappa shape index (κ3) is 2.34. The first-order valence-corrected chi connectivity index (χ1v) is 5.60. The minimum absolute atomic E-state index is 0.0213. The zero-order valence-corrected chi connectivity index (χ0v) is 10.3. The lowest BCUT2D eigenvalue weighted by atomic mass is 10.3. The molecule has 0 fully saturated rings. The molecule has 0 atom stereocenters. The summed E-state index contributed by atoms with van der Waals surface area (Å²) in [6.07, 6.45) is 1.71. The van der Waals surface area contributed by atoms with Crippen molar-refractivity contribution >= 4 is 21.6 Å². The molecule has 1 aromatic heterocycles. The van der Waals surface area contributed by atoms with E-state index in [0.717, 1.165) is 10.2 Å². The lowest BCUT2D eigenvalue weighted by Gasteiger charge is -2.04. The second-order valence-electron chi connectivity index (χ2n) is 3.35. The topological polar surface area (TPSA) is 87.0 Å². The number of non-ortho nitro benzene ring substituents is 1. The molecule has 0 spiro atoms. The van der Waals surface area contributed by atoms with Crippen molar-refractivity contribution in [3.05, 3.63) is 50.7 Å². The van der Waals surface area contributed by atoms with Crippen LogP contribution in [0.5, 0.6) is 0 Å². The maximum Gasteiger partial charge on any atom is 0.271 e. The lowest BCUT2D eigenvalue weighted by molar-refractivity contribution is -0.384. The molecule has 1 heterocycles. The number of hydrogen-bond acceptors (Lipinski definition) is 4. The Morgan fingerprint density at radius 3 is 2.82 bits per heavy atom. The quantitative estimate of drug-likeness (QED) is 0.693. The highest BCUT2D eigenvalue weighted by Crippen LogP contribution is 2.25. The van der Waals surface area contributed by atoms with Crippen LogP contribution in [0.25, 0.3) is 5.69 Å². The summed E-state index contributed by atoms with van der Waals surface area (Å²) in [5.41, 5.74) is 6.82. The van der Waals surface area contributed by atoms with Gasteiger partial charge in [0.2, 0.25) is 0 Å². The number of halogens is 1. The molecule has 0 radical (unpaired) electrons. The van der Waals surface area contributed by atoms with E-state index in [4.69, 9.17) is 5.73 Å². The molecule has 2 rings (SSSR count). The Labute approximate surface area is 105 Å². The van der Waals surface area contributed by atoms with E-state index in [1.807, 2.05) is 0 Å². The molecule has 0 aliphatic carbocycles. The third-order valence-corrected chi connectivity index (χ3v) is 2.91. The molecule has 0 bridgehead atoms. The Morgan fingerprint density at radius 2 is 2.24 bits per heavy atom. The Kier molecular flexibility index (Phi) is 3.21. The van der Waals surface area contributed by atoms with Crippen molar-refractivity contribution in [2.75, 3.05) is 0 Å². The van der Waals surface area contributed by atoms with Gasteiger partial charge in [-0.2, -0.15) is 5.10 Å². The summed E-state index contributed by atoms with van der Waals surface area (Å²) >= 11 is 3.33. The average Bonchev–Trinajstić information content (AvgIpc) is 2.77. The molecule has 0 saturated carbocycles. The standard InChI is InChI=1S/C10H9BrN4O2/c11-9-2-1-8(15(16)17)5-10(9)14-4-3-7(6-12)13-14/h1-5H,6,12H2. The average molecular weight is 297 g/mol. The van der Waals surface area contributed by atoms with Gasteiger partial charge in [0.05, 0.1) is 16.3 Å². The van der Waals surface area contributed by atoms with Gasteiger partial charge in [0.15, 0.2) is 0 Å². The molecular weight excluding hydrogens is 288 g/mol. The van der Waals surface area contributed by atoms with Gasteiger partial charge in [-0.05, 0) is 28.1 Å². The largest absolute Gasteiger partial charge is 0.325 e. The summed E-state index contributed by atoms with van der Waals surface area (Å²) < 4.78 is 2.29. The SMILES string of the molecule is NCc1ccn(-c2cc([N+](=O)[O-])ccc2Br)n1. The number of benzene rings is 1. The van der Waals surface area contributed by atoms with Gasteiger partial charge < -0.3 is 5.73 Å². The minimum atomic E-state index is -0.441. The second-order valence-corrected chi connectivity index (χ2v) is 4.20. The van der Waals surface area contributed by atoms with Crippen LogP contribution in [-0.4, -0.2) is 14.7 Å². The molecule has 7 heteroatoms. The van der Waals surface area contributed by atoms with Crippen molar-refractivity contribution in [3.63, 3.8) is 0 Å². The van der Waals surface area contributed by atoms with Crippen molar-refractivity contribution in [3.8, 4) is 5.69 Å². The minimum Gasteiger partial charge on any atom is -0.325 e. The van der Waals surface area contributed by atoms with E-state index in [1.54, 1.807) is 23.0 Å². The number of hydrogen-bond donors (Lipinski definition) is 1.